The van der Waals surface area contributed by atoms with E-state index in [2.05, 4.69) is 24.5 Å². The Kier molecular flexibility index (Phi) is 5.73. The molecule has 0 bridgehead atoms. The molecule has 0 aliphatic heterocycles. The molecule has 1 atom stereocenters. The van der Waals surface area contributed by atoms with Gasteiger partial charge in [-0.05, 0) is 13.8 Å². The molecule has 0 spiro atoms. The lowest BCUT2D eigenvalue weighted by atomic mass is 10.3. The average Bonchev–Trinajstić information content (AvgIpc) is 2.33. The molecule has 0 aromatic carbocycles. The van der Waals surface area contributed by atoms with Gasteiger partial charge in [-0.1, -0.05) is 0 Å². The summed E-state index contributed by atoms with van der Waals surface area (Å²) < 4.78 is 0. The van der Waals surface area contributed by atoms with E-state index in [1.54, 1.807) is 11.3 Å². The van der Waals surface area contributed by atoms with Crippen LogP contribution in [0.5, 0.6) is 0 Å². The van der Waals surface area contributed by atoms with Crippen molar-refractivity contribution in [2.45, 2.75) is 26.0 Å². The van der Waals surface area contributed by atoms with E-state index in [0.717, 1.165) is 12.6 Å². The van der Waals surface area contributed by atoms with Crippen LogP contribution in [0.2, 0.25) is 0 Å². The third-order valence-corrected chi connectivity index (χ3v) is 2.71. The molecular formula is C8H13NO2S2. The normalized spacial score (nSPS) is 11.4. The second-order valence-electron chi connectivity index (χ2n) is 2.50. The number of aromatic nitrogens is 1. The molecule has 0 saturated heterocycles. The summed E-state index contributed by atoms with van der Waals surface area (Å²) in [7, 11) is 0. The van der Waals surface area contributed by atoms with E-state index in [4.69, 9.17) is 9.90 Å². The highest BCUT2D eigenvalue weighted by Crippen LogP contribution is 2.25. The summed E-state index contributed by atoms with van der Waals surface area (Å²) in [5.74, 6) is -0.833. The van der Waals surface area contributed by atoms with Crippen molar-refractivity contribution in [1.82, 2.24) is 4.98 Å². The number of hydrogen-bond acceptors (Lipinski definition) is 4. The van der Waals surface area contributed by atoms with Crippen molar-refractivity contribution in [2.24, 2.45) is 0 Å². The van der Waals surface area contributed by atoms with Crippen LogP contribution < -0.4 is 0 Å². The topological polar surface area (TPSA) is 50.2 Å². The van der Waals surface area contributed by atoms with Crippen molar-refractivity contribution in [2.75, 3.05) is 0 Å². The molecule has 1 aromatic heterocycles. The van der Waals surface area contributed by atoms with Crippen molar-refractivity contribution in [3.05, 3.63) is 16.1 Å². The quantitative estimate of drug-likeness (QED) is 0.714. The standard InChI is InChI=1S/C6H9NS2.C2H4O2/c1-4-6(5(2)8)9-3-7-4;1-2(3)4/h3,5,8H,1-2H3;1H3,(H,3,4). The fraction of sp³-hybridized carbons (Fsp3) is 0.500. The molecule has 1 aromatic rings. The summed E-state index contributed by atoms with van der Waals surface area (Å²) in [6.45, 7) is 5.15. The number of carboxylic acid groups (broad SMARTS) is 1. The highest BCUT2D eigenvalue weighted by molar-refractivity contribution is 7.80. The molecule has 13 heavy (non-hydrogen) atoms. The lowest BCUT2D eigenvalue weighted by molar-refractivity contribution is -0.134. The Morgan fingerprint density at radius 2 is 2.23 bits per heavy atom. The Bertz CT molecular complexity index is 267. The van der Waals surface area contributed by atoms with Gasteiger partial charge in [0, 0.05) is 17.1 Å². The van der Waals surface area contributed by atoms with Gasteiger partial charge in [-0.25, -0.2) is 4.98 Å². The van der Waals surface area contributed by atoms with Crippen LogP contribution in [0.3, 0.4) is 0 Å². The largest absolute Gasteiger partial charge is 0.481 e. The summed E-state index contributed by atoms with van der Waals surface area (Å²) in [4.78, 5) is 14.4. The Balaban J connectivity index is 0.000000310. The van der Waals surface area contributed by atoms with Gasteiger partial charge in [-0.15, -0.1) is 11.3 Å². The molecule has 1 heterocycles. The zero-order valence-electron chi connectivity index (χ0n) is 7.81. The fourth-order valence-electron chi connectivity index (χ4n) is 0.712. The van der Waals surface area contributed by atoms with Crippen LogP contribution in [0.1, 0.15) is 29.7 Å². The maximum atomic E-state index is 9.00. The average molecular weight is 219 g/mol. The Labute approximate surface area is 87.2 Å². The number of aryl methyl sites for hydroxylation is 1. The van der Waals surface area contributed by atoms with Crippen molar-refractivity contribution >= 4 is 29.9 Å². The van der Waals surface area contributed by atoms with Crippen LogP contribution in [0.4, 0.5) is 0 Å². The third-order valence-electron chi connectivity index (χ3n) is 1.16. The van der Waals surface area contributed by atoms with Gasteiger partial charge in [-0.3, -0.25) is 4.79 Å². The number of thiol groups is 1. The number of thiazole rings is 1. The molecule has 1 rings (SSSR count). The van der Waals surface area contributed by atoms with Gasteiger partial charge < -0.3 is 5.11 Å². The maximum Gasteiger partial charge on any atom is 0.300 e. The Morgan fingerprint density at radius 3 is 2.38 bits per heavy atom. The molecule has 0 saturated carbocycles. The molecule has 0 amide bonds. The van der Waals surface area contributed by atoms with E-state index in [-0.39, 0.29) is 0 Å². The second kappa shape index (κ2) is 5.99. The summed E-state index contributed by atoms with van der Waals surface area (Å²) in [5.41, 5.74) is 2.97. The predicted octanol–water partition coefficient (Wildman–Crippen LogP) is 2.53. The highest BCUT2D eigenvalue weighted by atomic mass is 32.1. The van der Waals surface area contributed by atoms with Gasteiger partial charge in [0.25, 0.3) is 5.97 Å². The predicted molar refractivity (Wildman–Crippen MR) is 57.6 cm³/mol. The van der Waals surface area contributed by atoms with Crippen LogP contribution >= 0.6 is 24.0 Å². The monoisotopic (exact) mass is 219 g/mol. The molecule has 0 fully saturated rings. The molecule has 0 radical (unpaired) electrons. The summed E-state index contributed by atoms with van der Waals surface area (Å²) >= 11 is 5.96. The fourth-order valence-corrected chi connectivity index (χ4v) is 1.83. The van der Waals surface area contributed by atoms with Crippen molar-refractivity contribution in [3.8, 4) is 0 Å². The first kappa shape index (κ1) is 12.4. The molecule has 3 nitrogen and oxygen atoms in total. The van der Waals surface area contributed by atoms with E-state index in [1.165, 1.54) is 4.88 Å². The van der Waals surface area contributed by atoms with Crippen molar-refractivity contribution < 1.29 is 9.90 Å². The Morgan fingerprint density at radius 1 is 1.77 bits per heavy atom. The number of hydrogen-bond donors (Lipinski definition) is 2. The SMILES string of the molecule is CC(=O)O.Cc1ncsc1C(C)S. The molecule has 74 valence electrons. The molecule has 1 N–H and O–H groups in total. The van der Waals surface area contributed by atoms with E-state index >= 15 is 0 Å². The van der Waals surface area contributed by atoms with Gasteiger partial charge in [0.05, 0.1) is 11.2 Å². The highest BCUT2D eigenvalue weighted by Gasteiger charge is 2.04. The van der Waals surface area contributed by atoms with Crippen molar-refractivity contribution in [3.63, 3.8) is 0 Å². The van der Waals surface area contributed by atoms with E-state index in [0.29, 0.717) is 5.25 Å². The number of carbonyl (C=O) groups is 1. The minimum Gasteiger partial charge on any atom is -0.481 e. The first-order chi connectivity index (χ1) is 5.95. The van der Waals surface area contributed by atoms with Gasteiger partial charge in [-0.2, -0.15) is 12.6 Å². The molecule has 1 unspecified atom stereocenters. The van der Waals surface area contributed by atoms with Crippen LogP contribution in [0.15, 0.2) is 5.51 Å². The molecular weight excluding hydrogens is 206 g/mol. The zero-order chi connectivity index (χ0) is 10.4. The van der Waals surface area contributed by atoms with E-state index in [1.807, 2.05) is 12.4 Å². The summed E-state index contributed by atoms with van der Waals surface area (Å²) in [6, 6.07) is 0. The Hall–Kier alpha value is -0.550. The molecule has 0 aliphatic carbocycles. The van der Waals surface area contributed by atoms with Crippen LogP contribution in [-0.4, -0.2) is 16.1 Å². The second-order valence-corrected chi connectivity index (χ2v) is 4.16. The molecule has 5 heteroatoms. The van der Waals surface area contributed by atoms with Crippen LogP contribution in [-0.2, 0) is 4.79 Å². The smallest absolute Gasteiger partial charge is 0.300 e. The lowest BCUT2D eigenvalue weighted by Gasteiger charge is -1.98. The van der Waals surface area contributed by atoms with E-state index in [9.17, 15) is 0 Å². The number of aliphatic carboxylic acids is 1. The lowest BCUT2D eigenvalue weighted by Crippen LogP contribution is -1.81. The first-order valence-corrected chi connectivity index (χ1v) is 5.12. The number of nitrogens with zero attached hydrogens (tertiary/aromatic N) is 1. The van der Waals surface area contributed by atoms with E-state index < -0.39 is 5.97 Å². The van der Waals surface area contributed by atoms with Gasteiger partial charge in [0.1, 0.15) is 0 Å². The van der Waals surface area contributed by atoms with Crippen molar-refractivity contribution in [1.29, 1.82) is 0 Å². The third kappa shape index (κ3) is 5.65. The van der Waals surface area contributed by atoms with Gasteiger partial charge in [0.2, 0.25) is 0 Å². The first-order valence-electron chi connectivity index (χ1n) is 3.72. The minimum absolute atomic E-state index is 0.331. The minimum atomic E-state index is -0.833. The molecule has 0 aliphatic rings. The maximum absolute atomic E-state index is 9.00. The van der Waals surface area contributed by atoms with Gasteiger partial charge >= 0.3 is 0 Å². The van der Waals surface area contributed by atoms with Crippen LogP contribution in [0.25, 0.3) is 0 Å². The van der Waals surface area contributed by atoms with Gasteiger partial charge in [0.15, 0.2) is 0 Å². The summed E-state index contributed by atoms with van der Waals surface area (Å²) in [5, 5.41) is 7.75. The number of rotatable bonds is 1. The zero-order valence-corrected chi connectivity index (χ0v) is 9.52. The van der Waals surface area contributed by atoms with Crippen LogP contribution in [0, 0.1) is 6.92 Å². The number of carboxylic acids is 1. The summed E-state index contributed by atoms with van der Waals surface area (Å²) in [6.07, 6.45) is 0.